The van der Waals surface area contributed by atoms with E-state index in [1.165, 1.54) is 24.2 Å². The van der Waals surface area contributed by atoms with Crippen LogP contribution < -0.4 is 5.73 Å². The number of nitrogens with zero attached hydrogens (tertiary/aromatic N) is 5. The molecule has 2 atom stereocenters. The zero-order valence-electron chi connectivity index (χ0n) is 16.0. The molecule has 0 aromatic carbocycles. The van der Waals surface area contributed by atoms with E-state index in [1.54, 1.807) is 0 Å². The predicted octanol–water partition coefficient (Wildman–Crippen LogP) is 3.30. The zero-order valence-corrected chi connectivity index (χ0v) is 17.6. The molecule has 4 rings (SSSR count). The van der Waals surface area contributed by atoms with Crippen molar-refractivity contribution in [3.63, 3.8) is 0 Å². The molecule has 148 valence electrons. The van der Waals surface area contributed by atoms with E-state index in [2.05, 4.69) is 23.9 Å². The highest BCUT2D eigenvalue weighted by Crippen LogP contribution is 2.39. The van der Waals surface area contributed by atoms with Gasteiger partial charge in [0.25, 0.3) is 5.91 Å². The number of rotatable bonds is 5. The third kappa shape index (κ3) is 4.02. The molecule has 2 aromatic heterocycles. The minimum absolute atomic E-state index is 0. The van der Waals surface area contributed by atoms with Gasteiger partial charge >= 0.3 is 0 Å². The molecule has 1 amide bonds. The molecule has 7 nitrogen and oxygen atoms in total. The van der Waals surface area contributed by atoms with Gasteiger partial charge in [-0.3, -0.25) is 4.79 Å². The first-order valence-corrected chi connectivity index (χ1v) is 10.3. The van der Waals surface area contributed by atoms with Crippen LogP contribution in [0.1, 0.15) is 85.2 Å². The Morgan fingerprint density at radius 2 is 2.07 bits per heavy atom. The van der Waals surface area contributed by atoms with Crippen molar-refractivity contribution in [3.05, 3.63) is 27.7 Å². The van der Waals surface area contributed by atoms with Gasteiger partial charge in [-0.2, -0.15) is 5.10 Å². The van der Waals surface area contributed by atoms with Crippen molar-refractivity contribution >= 4 is 29.7 Å². The summed E-state index contributed by atoms with van der Waals surface area (Å²) in [4.78, 5) is 24.1. The van der Waals surface area contributed by atoms with Crippen molar-refractivity contribution < 1.29 is 4.79 Å². The maximum atomic E-state index is 13.0. The number of carbonyl (C=O) groups is 1. The Labute approximate surface area is 169 Å². The number of fused-ring (bicyclic) bond motifs is 1. The van der Waals surface area contributed by atoms with Gasteiger partial charge in [0, 0.05) is 17.8 Å². The number of aromatic nitrogens is 4. The topological polar surface area (TPSA) is 89.9 Å². The van der Waals surface area contributed by atoms with Crippen LogP contribution in [-0.2, 0) is 6.54 Å². The minimum atomic E-state index is -0.107. The van der Waals surface area contributed by atoms with Gasteiger partial charge in [0.1, 0.15) is 16.5 Å². The third-order valence-corrected chi connectivity index (χ3v) is 6.07. The number of thiazole rings is 1. The average Bonchev–Trinajstić information content (AvgIpc) is 3.16. The summed E-state index contributed by atoms with van der Waals surface area (Å²) < 4.78 is 1.97. The van der Waals surface area contributed by atoms with Crippen molar-refractivity contribution in [3.8, 4) is 0 Å². The van der Waals surface area contributed by atoms with Gasteiger partial charge in [-0.05, 0) is 32.1 Å². The summed E-state index contributed by atoms with van der Waals surface area (Å²) in [6.45, 7) is 7.62. The van der Waals surface area contributed by atoms with E-state index in [4.69, 9.17) is 10.7 Å². The van der Waals surface area contributed by atoms with Crippen LogP contribution in [0.15, 0.2) is 5.38 Å². The molecule has 0 spiro atoms. The number of amides is 1. The van der Waals surface area contributed by atoms with Crippen LogP contribution >= 0.6 is 23.7 Å². The summed E-state index contributed by atoms with van der Waals surface area (Å²) in [5, 5.41) is 7.29. The van der Waals surface area contributed by atoms with Gasteiger partial charge in [-0.1, -0.05) is 13.8 Å². The quantitative estimate of drug-likeness (QED) is 0.816. The lowest BCUT2D eigenvalue weighted by molar-refractivity contribution is 0.0625. The van der Waals surface area contributed by atoms with Crippen LogP contribution in [0.5, 0.6) is 0 Å². The summed E-state index contributed by atoms with van der Waals surface area (Å²) in [6, 6.07) is -0.199. The number of halogens is 1. The molecule has 3 heterocycles. The molecule has 2 aliphatic rings. The van der Waals surface area contributed by atoms with Crippen LogP contribution in [0.3, 0.4) is 0 Å². The number of nitrogens with two attached hydrogens (primary N) is 1. The Bertz CT molecular complexity index is 815. The minimum Gasteiger partial charge on any atom is -0.325 e. The monoisotopic (exact) mass is 410 g/mol. The average molecular weight is 411 g/mol. The van der Waals surface area contributed by atoms with E-state index in [-0.39, 0.29) is 30.4 Å². The first-order chi connectivity index (χ1) is 12.4. The molecule has 9 heteroatoms. The molecular weight excluding hydrogens is 384 g/mol. The third-order valence-electron chi connectivity index (χ3n) is 5.10. The van der Waals surface area contributed by atoms with Crippen LogP contribution in [0.25, 0.3) is 0 Å². The molecule has 1 aliphatic heterocycles. The maximum Gasteiger partial charge on any atom is 0.274 e. The SMILES string of the molecule is CC(C)C[C@H](N)c1nc(C(=O)N2CCn3nc(C4CC4)nc3[C@H]2C)cs1.Cl. The Kier molecular flexibility index (Phi) is 5.88. The fourth-order valence-electron chi connectivity index (χ4n) is 3.49. The fourth-order valence-corrected chi connectivity index (χ4v) is 4.29. The Morgan fingerprint density at radius 1 is 1.33 bits per heavy atom. The lowest BCUT2D eigenvalue weighted by atomic mass is 10.1. The number of hydrogen-bond donors (Lipinski definition) is 1. The summed E-state index contributed by atoms with van der Waals surface area (Å²) in [7, 11) is 0. The molecule has 1 fully saturated rings. The van der Waals surface area contributed by atoms with E-state index in [1.807, 2.05) is 21.9 Å². The van der Waals surface area contributed by atoms with Crippen LogP contribution in [0.2, 0.25) is 0 Å². The molecule has 0 radical (unpaired) electrons. The molecule has 0 saturated heterocycles. The van der Waals surface area contributed by atoms with Crippen LogP contribution in [-0.4, -0.2) is 37.1 Å². The summed E-state index contributed by atoms with van der Waals surface area (Å²) in [6.07, 6.45) is 3.23. The van der Waals surface area contributed by atoms with E-state index in [0.717, 1.165) is 23.1 Å². The van der Waals surface area contributed by atoms with E-state index < -0.39 is 0 Å². The molecule has 2 N–H and O–H groups in total. The fraction of sp³-hybridized carbons (Fsp3) is 0.667. The largest absolute Gasteiger partial charge is 0.325 e. The van der Waals surface area contributed by atoms with Gasteiger partial charge < -0.3 is 10.6 Å². The van der Waals surface area contributed by atoms with Gasteiger partial charge in [0.2, 0.25) is 0 Å². The van der Waals surface area contributed by atoms with Gasteiger partial charge in [0.15, 0.2) is 5.82 Å². The highest BCUT2D eigenvalue weighted by Gasteiger charge is 2.35. The van der Waals surface area contributed by atoms with Crippen molar-refractivity contribution in [1.82, 2.24) is 24.6 Å². The molecule has 0 unspecified atom stereocenters. The number of hydrogen-bond acceptors (Lipinski definition) is 6. The second kappa shape index (κ2) is 7.85. The smallest absolute Gasteiger partial charge is 0.274 e. The molecule has 1 saturated carbocycles. The lowest BCUT2D eigenvalue weighted by Gasteiger charge is -2.32. The molecule has 27 heavy (non-hydrogen) atoms. The Hall–Kier alpha value is -1.51. The number of carbonyl (C=O) groups excluding carboxylic acids is 1. The summed E-state index contributed by atoms with van der Waals surface area (Å²) in [5.74, 6) is 2.81. The van der Waals surface area contributed by atoms with Crippen molar-refractivity contribution in [1.29, 1.82) is 0 Å². The van der Waals surface area contributed by atoms with Gasteiger partial charge in [-0.15, -0.1) is 23.7 Å². The van der Waals surface area contributed by atoms with Gasteiger partial charge in [-0.25, -0.2) is 14.6 Å². The highest BCUT2D eigenvalue weighted by molar-refractivity contribution is 7.09. The van der Waals surface area contributed by atoms with Gasteiger partial charge in [0.05, 0.1) is 18.6 Å². The Morgan fingerprint density at radius 3 is 2.74 bits per heavy atom. The first-order valence-electron chi connectivity index (χ1n) is 9.40. The van der Waals surface area contributed by atoms with Crippen molar-refractivity contribution in [2.24, 2.45) is 11.7 Å². The molecule has 0 bridgehead atoms. The standard InChI is InChI=1S/C18H26N6OS.ClH/c1-10(2)8-13(19)17-20-14(9-26-17)18(25)23-6-7-24-16(11(23)3)21-15(22-24)12-4-5-12;/h9-13H,4-8,19H2,1-3H3;1H/t11-,13+;/m1./s1. The summed E-state index contributed by atoms with van der Waals surface area (Å²) in [5.41, 5.74) is 6.71. The summed E-state index contributed by atoms with van der Waals surface area (Å²) >= 11 is 1.48. The maximum absolute atomic E-state index is 13.0. The van der Waals surface area contributed by atoms with Crippen molar-refractivity contribution in [2.45, 2.75) is 64.6 Å². The molecular formula is C18H27ClN6OS. The lowest BCUT2D eigenvalue weighted by Crippen LogP contribution is -2.41. The molecule has 2 aromatic rings. The predicted molar refractivity (Wildman–Crippen MR) is 107 cm³/mol. The molecule has 1 aliphatic carbocycles. The normalized spacial score (nSPS) is 20.3. The zero-order chi connectivity index (χ0) is 18.4. The van der Waals surface area contributed by atoms with Crippen LogP contribution in [0.4, 0.5) is 0 Å². The second-order valence-corrected chi connectivity index (χ2v) is 8.70. The van der Waals surface area contributed by atoms with Crippen LogP contribution in [0, 0.1) is 5.92 Å². The van der Waals surface area contributed by atoms with E-state index in [9.17, 15) is 4.79 Å². The first kappa shape index (κ1) is 20.2. The van der Waals surface area contributed by atoms with Crippen molar-refractivity contribution in [2.75, 3.05) is 6.54 Å². The van der Waals surface area contributed by atoms with E-state index in [0.29, 0.717) is 30.6 Å². The second-order valence-electron chi connectivity index (χ2n) is 7.81. The Balaban J connectivity index is 0.00000210. The highest BCUT2D eigenvalue weighted by atomic mass is 35.5. The van der Waals surface area contributed by atoms with E-state index >= 15 is 0 Å².